The van der Waals surface area contributed by atoms with Crippen molar-refractivity contribution in [3.63, 3.8) is 0 Å². The highest BCUT2D eigenvalue weighted by molar-refractivity contribution is 6.05. The second-order valence-electron chi connectivity index (χ2n) is 7.63. The summed E-state index contributed by atoms with van der Waals surface area (Å²) in [6.07, 6.45) is 1.83. The van der Waals surface area contributed by atoms with Crippen molar-refractivity contribution < 1.29 is 18.7 Å². The summed E-state index contributed by atoms with van der Waals surface area (Å²) in [6, 6.07) is 12.4. The van der Waals surface area contributed by atoms with Crippen LogP contribution in [0.15, 0.2) is 48.5 Å². The number of rotatable bonds is 5. The molecule has 1 fully saturated rings. The summed E-state index contributed by atoms with van der Waals surface area (Å²) >= 11 is 0. The van der Waals surface area contributed by atoms with E-state index >= 15 is 0 Å². The molecule has 2 atom stereocenters. The van der Waals surface area contributed by atoms with E-state index in [1.165, 1.54) is 24.3 Å². The molecule has 0 bridgehead atoms. The molecule has 2 aromatic carbocycles. The number of amides is 2. The monoisotopic (exact) mass is 408 g/mol. The Kier molecular flexibility index (Phi) is 4.71. The van der Waals surface area contributed by atoms with Crippen LogP contribution >= 0.6 is 0 Å². The number of benzene rings is 2. The van der Waals surface area contributed by atoms with Crippen LogP contribution in [0.3, 0.4) is 0 Å². The van der Waals surface area contributed by atoms with Crippen LogP contribution in [0, 0.1) is 5.82 Å². The van der Waals surface area contributed by atoms with E-state index in [0.29, 0.717) is 24.8 Å². The average Bonchev–Trinajstić information content (AvgIpc) is 3.44. The predicted octanol–water partition coefficient (Wildman–Crippen LogP) is 3.27. The molecule has 5 rings (SSSR count). The quantitative estimate of drug-likeness (QED) is 0.703. The first kappa shape index (κ1) is 18.7. The normalized spacial score (nSPS) is 20.7. The fourth-order valence-corrected chi connectivity index (χ4v) is 4.18. The Morgan fingerprint density at radius 2 is 2.00 bits per heavy atom. The molecule has 154 valence electrons. The Morgan fingerprint density at radius 3 is 2.77 bits per heavy atom. The van der Waals surface area contributed by atoms with E-state index in [1.54, 1.807) is 4.90 Å². The van der Waals surface area contributed by atoms with Crippen molar-refractivity contribution >= 4 is 34.5 Å². The van der Waals surface area contributed by atoms with Crippen LogP contribution in [0.2, 0.25) is 0 Å². The fourth-order valence-electron chi connectivity index (χ4n) is 4.18. The molecule has 2 aliphatic rings. The standard InChI is InChI=1S/C22H21FN4O3/c23-14-7-9-15(10-8-14)24-20(28)12-19-21(29)26(13-16-4-3-11-30-16)22-25-17-5-1-2-6-18(17)27(19)22/h1-2,5-10,16,19H,3-4,11-13H2,(H,24,28)/t16-,19+/m0/s1. The second-order valence-corrected chi connectivity index (χ2v) is 7.63. The van der Waals surface area contributed by atoms with Gasteiger partial charge in [0.1, 0.15) is 11.9 Å². The third-order valence-corrected chi connectivity index (χ3v) is 5.60. The summed E-state index contributed by atoms with van der Waals surface area (Å²) in [6.45, 7) is 1.13. The molecular weight excluding hydrogens is 387 g/mol. The lowest BCUT2D eigenvalue weighted by molar-refractivity contribution is -0.124. The fraction of sp³-hybridized carbons (Fsp3) is 0.318. The molecule has 3 aromatic rings. The highest BCUT2D eigenvalue weighted by Gasteiger charge is 2.42. The molecule has 2 aliphatic heterocycles. The van der Waals surface area contributed by atoms with Gasteiger partial charge in [-0.15, -0.1) is 0 Å². The van der Waals surface area contributed by atoms with Gasteiger partial charge in [0.05, 0.1) is 30.1 Å². The molecule has 1 saturated heterocycles. The number of anilines is 2. The Hall–Kier alpha value is -3.26. The molecule has 0 radical (unpaired) electrons. The zero-order chi connectivity index (χ0) is 20.7. The van der Waals surface area contributed by atoms with E-state index in [4.69, 9.17) is 4.74 Å². The summed E-state index contributed by atoms with van der Waals surface area (Å²) in [4.78, 5) is 32.3. The Labute approximate surface area is 172 Å². The van der Waals surface area contributed by atoms with E-state index in [9.17, 15) is 14.0 Å². The number of ether oxygens (including phenoxy) is 1. The molecule has 1 aromatic heterocycles. The number of imidazole rings is 1. The van der Waals surface area contributed by atoms with Gasteiger partial charge in [0.25, 0.3) is 5.91 Å². The lowest BCUT2D eigenvalue weighted by Gasteiger charge is -2.19. The number of nitrogens with zero attached hydrogens (tertiary/aromatic N) is 3. The molecule has 2 amide bonds. The molecule has 3 heterocycles. The van der Waals surface area contributed by atoms with Gasteiger partial charge in [-0.25, -0.2) is 9.37 Å². The zero-order valence-corrected chi connectivity index (χ0v) is 16.3. The topological polar surface area (TPSA) is 76.5 Å². The first-order valence-corrected chi connectivity index (χ1v) is 10.1. The van der Waals surface area contributed by atoms with Crippen molar-refractivity contribution in [3.05, 3.63) is 54.3 Å². The highest BCUT2D eigenvalue weighted by atomic mass is 19.1. The number of aromatic nitrogens is 2. The number of para-hydroxylation sites is 2. The average molecular weight is 408 g/mol. The van der Waals surface area contributed by atoms with Crippen molar-refractivity contribution in [1.29, 1.82) is 0 Å². The predicted molar refractivity (Wildman–Crippen MR) is 110 cm³/mol. The van der Waals surface area contributed by atoms with Crippen LogP contribution in [-0.4, -0.2) is 40.6 Å². The molecule has 7 nitrogen and oxygen atoms in total. The molecule has 0 unspecified atom stereocenters. The maximum atomic E-state index is 13.3. The number of halogens is 1. The number of fused-ring (bicyclic) bond motifs is 3. The molecule has 0 spiro atoms. The minimum Gasteiger partial charge on any atom is -0.376 e. The summed E-state index contributed by atoms with van der Waals surface area (Å²) in [7, 11) is 0. The number of carbonyl (C=O) groups excluding carboxylic acids is 2. The minimum absolute atomic E-state index is 0.0194. The van der Waals surface area contributed by atoms with E-state index in [0.717, 1.165) is 23.9 Å². The second kappa shape index (κ2) is 7.53. The van der Waals surface area contributed by atoms with Gasteiger partial charge in [0, 0.05) is 12.3 Å². The van der Waals surface area contributed by atoms with Crippen LogP contribution in [0.1, 0.15) is 25.3 Å². The third-order valence-electron chi connectivity index (χ3n) is 5.60. The van der Waals surface area contributed by atoms with Crippen molar-refractivity contribution in [1.82, 2.24) is 9.55 Å². The maximum Gasteiger partial charge on any atom is 0.253 e. The molecule has 0 aliphatic carbocycles. The number of carbonyl (C=O) groups is 2. The van der Waals surface area contributed by atoms with Gasteiger partial charge in [-0.1, -0.05) is 12.1 Å². The summed E-state index contributed by atoms with van der Waals surface area (Å²) in [5.74, 6) is -0.301. The van der Waals surface area contributed by atoms with Crippen molar-refractivity contribution in [2.45, 2.75) is 31.4 Å². The van der Waals surface area contributed by atoms with Crippen LogP contribution in [-0.2, 0) is 14.3 Å². The summed E-state index contributed by atoms with van der Waals surface area (Å²) in [5.41, 5.74) is 2.08. The van der Waals surface area contributed by atoms with Gasteiger partial charge in [0.2, 0.25) is 11.9 Å². The number of hydrogen-bond acceptors (Lipinski definition) is 4. The van der Waals surface area contributed by atoms with Gasteiger partial charge in [-0.05, 0) is 49.2 Å². The van der Waals surface area contributed by atoms with Crippen LogP contribution in [0.4, 0.5) is 16.0 Å². The maximum absolute atomic E-state index is 13.3. The SMILES string of the molecule is O=C(C[C@@H]1C(=O)N(C[C@@H]2CCCO2)c2nc3ccccc3n21)Nc1ccc(F)cc1. The van der Waals surface area contributed by atoms with Crippen LogP contribution in [0.5, 0.6) is 0 Å². The summed E-state index contributed by atoms with van der Waals surface area (Å²) in [5, 5.41) is 2.74. The van der Waals surface area contributed by atoms with Gasteiger partial charge >= 0.3 is 0 Å². The largest absolute Gasteiger partial charge is 0.376 e. The third kappa shape index (κ3) is 3.33. The lowest BCUT2D eigenvalue weighted by Crippen LogP contribution is -2.37. The molecule has 30 heavy (non-hydrogen) atoms. The van der Waals surface area contributed by atoms with Crippen LogP contribution < -0.4 is 10.2 Å². The molecule has 1 N–H and O–H groups in total. The highest BCUT2D eigenvalue weighted by Crippen LogP contribution is 2.37. The number of nitrogens with one attached hydrogen (secondary N) is 1. The first-order valence-electron chi connectivity index (χ1n) is 10.1. The Balaban J connectivity index is 1.43. The van der Waals surface area contributed by atoms with Crippen molar-refractivity contribution in [2.75, 3.05) is 23.4 Å². The Morgan fingerprint density at radius 1 is 1.20 bits per heavy atom. The summed E-state index contributed by atoms with van der Waals surface area (Å²) < 4.78 is 20.7. The van der Waals surface area contributed by atoms with E-state index in [1.807, 2.05) is 28.8 Å². The Bertz CT molecular complexity index is 1110. The van der Waals surface area contributed by atoms with E-state index in [-0.39, 0.29) is 30.2 Å². The van der Waals surface area contributed by atoms with Gasteiger partial charge in [-0.3, -0.25) is 19.1 Å². The molecule has 8 heteroatoms. The number of hydrogen-bond donors (Lipinski definition) is 1. The zero-order valence-electron chi connectivity index (χ0n) is 16.3. The smallest absolute Gasteiger partial charge is 0.253 e. The van der Waals surface area contributed by atoms with Crippen LogP contribution in [0.25, 0.3) is 11.0 Å². The lowest BCUT2D eigenvalue weighted by atomic mass is 10.1. The minimum atomic E-state index is -0.686. The van der Waals surface area contributed by atoms with Gasteiger partial charge < -0.3 is 10.1 Å². The molecular formula is C22H21FN4O3. The van der Waals surface area contributed by atoms with E-state index < -0.39 is 6.04 Å². The van der Waals surface area contributed by atoms with Crippen molar-refractivity contribution in [3.8, 4) is 0 Å². The van der Waals surface area contributed by atoms with E-state index in [2.05, 4.69) is 10.3 Å². The van der Waals surface area contributed by atoms with Gasteiger partial charge in [-0.2, -0.15) is 0 Å². The first-order chi connectivity index (χ1) is 14.6. The molecule has 0 saturated carbocycles. The van der Waals surface area contributed by atoms with Gasteiger partial charge in [0.15, 0.2) is 0 Å². The van der Waals surface area contributed by atoms with Crippen molar-refractivity contribution in [2.24, 2.45) is 0 Å².